The minimum atomic E-state index is -3.67. The molecule has 0 saturated heterocycles. The van der Waals surface area contributed by atoms with E-state index in [0.29, 0.717) is 16.0 Å². The topological polar surface area (TPSA) is 128 Å². The largest absolute Gasteiger partial charge is 0.493 e. The first-order valence-electron chi connectivity index (χ1n) is 7.97. The Bertz CT molecular complexity index is 1180. The van der Waals surface area contributed by atoms with E-state index in [4.69, 9.17) is 5.11 Å². The molecule has 10 heteroatoms. The highest BCUT2D eigenvalue weighted by atomic mass is 32.2. The van der Waals surface area contributed by atoms with Gasteiger partial charge in [-0.05, 0) is 29.3 Å². The molecule has 1 aromatic heterocycles. The molecule has 3 aromatic rings. The number of carboxylic acids is 1. The second-order valence-electron chi connectivity index (χ2n) is 6.01. The van der Waals surface area contributed by atoms with Gasteiger partial charge < -0.3 is 10.2 Å². The van der Waals surface area contributed by atoms with Crippen LogP contribution < -0.4 is 9.18 Å². The first-order valence-corrected chi connectivity index (χ1v) is 10.6. The highest BCUT2D eigenvalue weighted by Gasteiger charge is 2.19. The summed E-state index contributed by atoms with van der Waals surface area (Å²) in [5.41, 5.74) is 1.49. The second-order valence-corrected chi connectivity index (χ2v) is 8.90. The summed E-state index contributed by atoms with van der Waals surface area (Å²) in [6, 6.07) is 12.4. The highest BCUT2D eigenvalue weighted by Crippen LogP contribution is 2.30. The molecule has 0 bridgehead atoms. The third kappa shape index (κ3) is 4.24. The van der Waals surface area contributed by atoms with Crippen molar-refractivity contribution in [3.63, 3.8) is 0 Å². The zero-order chi connectivity index (χ0) is 20.5. The Morgan fingerprint density at radius 3 is 2.39 bits per heavy atom. The SMILES string of the molecule is CS(=O)(=O)N(Cc1ccc(-c2sc(=O)[nH]c2O)cc1)c1cccc(C(=O)O)c1. The third-order valence-corrected chi connectivity index (χ3v) is 6.02. The van der Waals surface area contributed by atoms with E-state index in [-0.39, 0.29) is 28.5 Å². The van der Waals surface area contributed by atoms with E-state index in [9.17, 15) is 23.1 Å². The van der Waals surface area contributed by atoms with Crippen molar-refractivity contribution in [1.82, 2.24) is 4.98 Å². The monoisotopic (exact) mass is 420 g/mol. The number of benzene rings is 2. The van der Waals surface area contributed by atoms with Crippen LogP contribution in [0.15, 0.2) is 53.3 Å². The number of carboxylic acid groups (broad SMARTS) is 1. The molecule has 3 rings (SSSR count). The summed E-state index contributed by atoms with van der Waals surface area (Å²) in [5.74, 6) is -1.36. The number of thiazole rings is 1. The van der Waals surface area contributed by atoms with Crippen LogP contribution in [-0.2, 0) is 16.6 Å². The van der Waals surface area contributed by atoms with Gasteiger partial charge in [-0.1, -0.05) is 41.7 Å². The number of aromatic amines is 1. The molecular weight excluding hydrogens is 404 g/mol. The Kier molecular flexibility index (Phi) is 5.25. The van der Waals surface area contributed by atoms with Crippen LogP contribution in [0, 0.1) is 0 Å². The third-order valence-electron chi connectivity index (χ3n) is 3.95. The van der Waals surface area contributed by atoms with E-state index >= 15 is 0 Å². The number of rotatable bonds is 6. The Balaban J connectivity index is 1.92. The predicted molar refractivity (Wildman–Crippen MR) is 106 cm³/mol. The van der Waals surface area contributed by atoms with Crippen molar-refractivity contribution in [1.29, 1.82) is 0 Å². The number of nitrogens with one attached hydrogen (secondary N) is 1. The summed E-state index contributed by atoms with van der Waals surface area (Å²) < 4.78 is 25.6. The average Bonchev–Trinajstić information content (AvgIpc) is 2.97. The molecule has 0 fully saturated rings. The summed E-state index contributed by atoms with van der Waals surface area (Å²) in [5, 5.41) is 18.9. The van der Waals surface area contributed by atoms with Crippen molar-refractivity contribution in [2.24, 2.45) is 0 Å². The minimum Gasteiger partial charge on any atom is -0.493 e. The molecule has 28 heavy (non-hydrogen) atoms. The summed E-state index contributed by atoms with van der Waals surface area (Å²) >= 11 is 0.870. The van der Waals surface area contributed by atoms with E-state index in [0.717, 1.165) is 21.9 Å². The molecule has 0 aliphatic rings. The molecule has 0 radical (unpaired) electrons. The number of hydrogen-bond donors (Lipinski definition) is 3. The van der Waals surface area contributed by atoms with E-state index in [1.54, 1.807) is 24.3 Å². The maximum Gasteiger partial charge on any atom is 0.335 e. The smallest absolute Gasteiger partial charge is 0.335 e. The average molecular weight is 420 g/mol. The number of nitrogens with zero attached hydrogens (tertiary/aromatic N) is 1. The van der Waals surface area contributed by atoms with Gasteiger partial charge in [0.1, 0.15) is 0 Å². The number of hydrogen-bond acceptors (Lipinski definition) is 6. The molecule has 146 valence electrons. The lowest BCUT2D eigenvalue weighted by molar-refractivity contribution is 0.0697. The molecule has 3 N–H and O–H groups in total. The number of aromatic carboxylic acids is 1. The van der Waals surface area contributed by atoms with E-state index in [2.05, 4.69) is 4.98 Å². The Hall–Kier alpha value is -3.11. The van der Waals surface area contributed by atoms with E-state index in [1.165, 1.54) is 24.3 Å². The lowest BCUT2D eigenvalue weighted by Gasteiger charge is -2.23. The van der Waals surface area contributed by atoms with Crippen LogP contribution in [-0.4, -0.2) is 35.8 Å². The molecule has 0 unspecified atom stereocenters. The molecule has 8 nitrogen and oxygen atoms in total. The number of aromatic nitrogens is 1. The number of sulfonamides is 1. The fourth-order valence-electron chi connectivity index (χ4n) is 2.64. The number of anilines is 1. The lowest BCUT2D eigenvalue weighted by atomic mass is 10.1. The number of carbonyl (C=O) groups is 1. The summed E-state index contributed by atoms with van der Waals surface area (Å²) in [6.07, 6.45) is 1.05. The van der Waals surface area contributed by atoms with Gasteiger partial charge in [-0.25, -0.2) is 13.2 Å². The molecule has 0 amide bonds. The highest BCUT2D eigenvalue weighted by molar-refractivity contribution is 7.92. The van der Waals surface area contributed by atoms with Crippen LogP contribution in [0.3, 0.4) is 0 Å². The van der Waals surface area contributed by atoms with Crippen LogP contribution in [0.2, 0.25) is 0 Å². The number of aromatic hydroxyl groups is 1. The zero-order valence-electron chi connectivity index (χ0n) is 14.6. The van der Waals surface area contributed by atoms with Crippen molar-refractivity contribution in [2.75, 3.05) is 10.6 Å². The van der Waals surface area contributed by atoms with Crippen molar-refractivity contribution >= 4 is 33.0 Å². The van der Waals surface area contributed by atoms with Crippen LogP contribution in [0.25, 0.3) is 10.4 Å². The van der Waals surface area contributed by atoms with E-state index < -0.39 is 16.0 Å². The van der Waals surface area contributed by atoms with Gasteiger partial charge in [-0.3, -0.25) is 14.1 Å². The number of H-pyrrole nitrogens is 1. The minimum absolute atomic E-state index is 0.00244. The summed E-state index contributed by atoms with van der Waals surface area (Å²) in [6.45, 7) is -0.00244. The van der Waals surface area contributed by atoms with E-state index in [1.807, 2.05) is 0 Å². The summed E-state index contributed by atoms with van der Waals surface area (Å²) in [4.78, 5) is 24.8. The zero-order valence-corrected chi connectivity index (χ0v) is 16.3. The van der Waals surface area contributed by atoms with Gasteiger partial charge in [0.2, 0.25) is 15.9 Å². The quantitative estimate of drug-likeness (QED) is 0.562. The predicted octanol–water partition coefficient (Wildman–Crippen LogP) is 2.47. The van der Waals surface area contributed by atoms with Gasteiger partial charge in [0, 0.05) is 0 Å². The van der Waals surface area contributed by atoms with Gasteiger partial charge in [0.15, 0.2) is 0 Å². The molecule has 0 spiro atoms. The van der Waals surface area contributed by atoms with Crippen molar-refractivity contribution in [2.45, 2.75) is 6.54 Å². The Morgan fingerprint density at radius 2 is 1.86 bits per heavy atom. The van der Waals surface area contributed by atoms with Crippen molar-refractivity contribution in [3.8, 4) is 16.3 Å². The van der Waals surface area contributed by atoms with Crippen LogP contribution in [0.5, 0.6) is 5.88 Å². The molecule has 0 atom stereocenters. The molecule has 0 aliphatic heterocycles. The second kappa shape index (κ2) is 7.49. The van der Waals surface area contributed by atoms with Crippen molar-refractivity contribution in [3.05, 3.63) is 69.3 Å². The lowest BCUT2D eigenvalue weighted by Crippen LogP contribution is -2.29. The first kappa shape index (κ1) is 19.6. The summed E-state index contributed by atoms with van der Waals surface area (Å²) in [7, 11) is -3.67. The maximum absolute atomic E-state index is 12.3. The molecular formula is C18H16N2O6S2. The maximum atomic E-state index is 12.3. The normalized spacial score (nSPS) is 11.3. The van der Waals surface area contributed by atoms with Gasteiger partial charge in [-0.15, -0.1) is 0 Å². The van der Waals surface area contributed by atoms with Crippen molar-refractivity contribution < 1.29 is 23.4 Å². The van der Waals surface area contributed by atoms with Gasteiger partial charge >= 0.3 is 10.8 Å². The first-order chi connectivity index (χ1) is 13.1. The molecule has 0 aliphatic carbocycles. The Morgan fingerprint density at radius 1 is 1.18 bits per heavy atom. The van der Waals surface area contributed by atoms with Gasteiger partial charge in [-0.2, -0.15) is 0 Å². The Labute approximate surface area is 164 Å². The fraction of sp³-hybridized carbons (Fsp3) is 0.111. The molecule has 2 aromatic carbocycles. The van der Waals surface area contributed by atoms with Crippen LogP contribution in [0.4, 0.5) is 5.69 Å². The standard InChI is InChI=1S/C18H16N2O6S2/c1-28(25,26)20(14-4-2-3-13(9-14)17(22)23)10-11-5-7-12(8-6-11)15-16(21)19-18(24)27-15/h2-9,21H,10H2,1H3,(H,19,24)(H,22,23). The van der Waals surface area contributed by atoms with Crippen LogP contribution in [0.1, 0.15) is 15.9 Å². The molecule has 0 saturated carbocycles. The molecule has 1 heterocycles. The van der Waals surface area contributed by atoms with Gasteiger partial charge in [0.05, 0.1) is 28.9 Å². The van der Waals surface area contributed by atoms with Crippen LogP contribution >= 0.6 is 11.3 Å². The fourth-order valence-corrected chi connectivity index (χ4v) is 4.25. The van der Waals surface area contributed by atoms with Gasteiger partial charge in [0.25, 0.3) is 0 Å².